The van der Waals surface area contributed by atoms with Gasteiger partial charge < -0.3 is 15.5 Å². The third kappa shape index (κ3) is 9.41. The van der Waals surface area contributed by atoms with Crippen LogP contribution < -0.4 is 10.6 Å². The van der Waals surface area contributed by atoms with E-state index in [-0.39, 0.29) is 36.4 Å². The van der Waals surface area contributed by atoms with E-state index >= 15 is 0 Å². The first kappa shape index (κ1) is 22.5. The van der Waals surface area contributed by atoms with Crippen molar-refractivity contribution in [3.63, 3.8) is 0 Å². The predicted molar refractivity (Wildman–Crippen MR) is 113 cm³/mol. The van der Waals surface area contributed by atoms with Crippen LogP contribution in [0.2, 0.25) is 0 Å². The van der Waals surface area contributed by atoms with Gasteiger partial charge in [-0.15, -0.1) is 35.3 Å². The first-order valence-electron chi connectivity index (χ1n) is 7.35. The van der Waals surface area contributed by atoms with E-state index in [1.165, 1.54) is 9.75 Å². The van der Waals surface area contributed by atoms with E-state index < -0.39 is 0 Å². The van der Waals surface area contributed by atoms with Crippen molar-refractivity contribution in [2.75, 3.05) is 39.2 Å². The number of aliphatic imine (C=N–C) groups is 1. The van der Waals surface area contributed by atoms with Gasteiger partial charge in [0.2, 0.25) is 5.91 Å². The number of thioether (sulfide) groups is 1. The molecule has 5 nitrogen and oxygen atoms in total. The standard InChI is InChI=1S/C15H26N4OS2.HI/c1-5-12-6-7-13(22-12)10-17-15(16-8-9-21-4)18-11-14(20)19(2)3;/h6-7H,5,8-11H2,1-4H3,(H2,16,17,18);1H. The van der Waals surface area contributed by atoms with Crippen LogP contribution in [0.25, 0.3) is 0 Å². The minimum absolute atomic E-state index is 0. The average Bonchev–Trinajstić information content (AvgIpc) is 2.97. The molecule has 8 heteroatoms. The van der Waals surface area contributed by atoms with Gasteiger partial charge in [0.25, 0.3) is 0 Å². The van der Waals surface area contributed by atoms with E-state index in [2.05, 4.69) is 40.9 Å². The van der Waals surface area contributed by atoms with Gasteiger partial charge in [-0.2, -0.15) is 11.8 Å². The molecule has 0 spiro atoms. The van der Waals surface area contributed by atoms with Gasteiger partial charge in [0.1, 0.15) is 6.54 Å². The normalized spacial score (nSPS) is 10.9. The molecular formula is C15H27IN4OS2. The number of likely N-dealkylation sites (N-methyl/N-ethyl adjacent to an activating group) is 1. The minimum Gasteiger partial charge on any atom is -0.356 e. The van der Waals surface area contributed by atoms with E-state index in [9.17, 15) is 4.79 Å². The van der Waals surface area contributed by atoms with Gasteiger partial charge in [-0.1, -0.05) is 6.92 Å². The highest BCUT2D eigenvalue weighted by atomic mass is 127. The second-order valence-electron chi connectivity index (χ2n) is 4.95. The summed E-state index contributed by atoms with van der Waals surface area (Å²) in [6, 6.07) is 4.30. The Balaban J connectivity index is 0.00000484. The van der Waals surface area contributed by atoms with Crippen LogP contribution in [-0.2, 0) is 17.8 Å². The third-order valence-electron chi connectivity index (χ3n) is 2.97. The van der Waals surface area contributed by atoms with Gasteiger partial charge in [0.05, 0.1) is 6.54 Å². The molecule has 1 heterocycles. The molecular weight excluding hydrogens is 443 g/mol. The van der Waals surface area contributed by atoms with Crippen LogP contribution in [0, 0.1) is 0 Å². The average molecular weight is 470 g/mol. The Kier molecular flexibility index (Phi) is 12.6. The Bertz CT molecular complexity index is 492. The number of nitrogens with zero attached hydrogens (tertiary/aromatic N) is 2. The number of hydrogen-bond acceptors (Lipinski definition) is 4. The zero-order chi connectivity index (χ0) is 16.4. The number of hydrogen-bond donors (Lipinski definition) is 2. The molecule has 0 atom stereocenters. The number of carbonyl (C=O) groups excluding carboxylic acids is 1. The van der Waals surface area contributed by atoms with E-state index in [1.54, 1.807) is 30.8 Å². The van der Waals surface area contributed by atoms with Gasteiger partial charge in [0.15, 0.2) is 5.96 Å². The lowest BCUT2D eigenvalue weighted by atomic mass is 10.4. The fourth-order valence-corrected chi connectivity index (χ4v) is 2.82. The summed E-state index contributed by atoms with van der Waals surface area (Å²) >= 11 is 3.58. The number of amides is 1. The minimum atomic E-state index is -0.00430. The van der Waals surface area contributed by atoms with Crippen molar-refractivity contribution in [1.29, 1.82) is 0 Å². The number of aryl methyl sites for hydroxylation is 1. The fraction of sp³-hybridized carbons (Fsp3) is 0.600. The molecule has 0 bridgehead atoms. The highest BCUT2D eigenvalue weighted by Gasteiger charge is 2.05. The molecule has 23 heavy (non-hydrogen) atoms. The number of carbonyl (C=O) groups is 1. The van der Waals surface area contributed by atoms with Crippen molar-refractivity contribution in [2.45, 2.75) is 19.9 Å². The molecule has 0 unspecified atom stereocenters. The molecule has 0 fully saturated rings. The van der Waals surface area contributed by atoms with Gasteiger partial charge in [0, 0.05) is 36.1 Å². The summed E-state index contributed by atoms with van der Waals surface area (Å²) in [6.45, 7) is 3.87. The van der Waals surface area contributed by atoms with Crippen LogP contribution in [0.15, 0.2) is 17.1 Å². The second kappa shape index (κ2) is 12.9. The molecule has 1 rings (SSSR count). The van der Waals surface area contributed by atoms with Crippen molar-refractivity contribution in [2.24, 2.45) is 4.99 Å². The maximum atomic E-state index is 11.7. The van der Waals surface area contributed by atoms with Crippen molar-refractivity contribution in [3.05, 3.63) is 21.9 Å². The number of halogens is 1. The lowest BCUT2D eigenvalue weighted by molar-refractivity contribution is -0.127. The fourth-order valence-electron chi connectivity index (χ4n) is 1.61. The maximum absolute atomic E-state index is 11.7. The van der Waals surface area contributed by atoms with Crippen molar-refractivity contribution >= 4 is 58.9 Å². The lowest BCUT2D eigenvalue weighted by Crippen LogP contribution is -2.39. The molecule has 0 aromatic carbocycles. The summed E-state index contributed by atoms with van der Waals surface area (Å²) in [7, 11) is 3.48. The van der Waals surface area contributed by atoms with Crippen LogP contribution in [-0.4, -0.2) is 56.0 Å². The van der Waals surface area contributed by atoms with Crippen LogP contribution in [0.1, 0.15) is 16.7 Å². The molecule has 0 saturated carbocycles. The number of rotatable bonds is 8. The topological polar surface area (TPSA) is 56.7 Å². The molecule has 0 saturated heterocycles. The summed E-state index contributed by atoms with van der Waals surface area (Å²) in [4.78, 5) is 20.2. The zero-order valence-electron chi connectivity index (χ0n) is 14.2. The molecule has 0 aliphatic heterocycles. The molecule has 2 N–H and O–H groups in total. The summed E-state index contributed by atoms with van der Waals surface area (Å²) < 4.78 is 0. The molecule has 1 amide bonds. The van der Waals surface area contributed by atoms with Gasteiger partial charge >= 0.3 is 0 Å². The first-order chi connectivity index (χ1) is 10.6. The van der Waals surface area contributed by atoms with Crippen LogP contribution in [0.5, 0.6) is 0 Å². The van der Waals surface area contributed by atoms with E-state index in [0.29, 0.717) is 5.96 Å². The Morgan fingerprint density at radius 1 is 1.30 bits per heavy atom. The second-order valence-corrected chi connectivity index (χ2v) is 7.19. The van der Waals surface area contributed by atoms with Gasteiger partial charge in [-0.3, -0.25) is 4.79 Å². The third-order valence-corrected chi connectivity index (χ3v) is 4.81. The van der Waals surface area contributed by atoms with E-state index in [1.807, 2.05) is 11.3 Å². The van der Waals surface area contributed by atoms with Gasteiger partial charge in [-0.25, -0.2) is 4.99 Å². The van der Waals surface area contributed by atoms with Crippen LogP contribution in [0.3, 0.4) is 0 Å². The highest BCUT2D eigenvalue weighted by molar-refractivity contribution is 14.0. The largest absolute Gasteiger partial charge is 0.356 e. The number of guanidine groups is 1. The Morgan fingerprint density at radius 3 is 2.57 bits per heavy atom. The van der Waals surface area contributed by atoms with Crippen molar-refractivity contribution < 1.29 is 4.79 Å². The smallest absolute Gasteiger partial charge is 0.243 e. The molecule has 0 radical (unpaired) electrons. The predicted octanol–water partition coefficient (Wildman–Crippen LogP) is 2.41. The molecule has 0 aliphatic carbocycles. The summed E-state index contributed by atoms with van der Waals surface area (Å²) in [6.07, 6.45) is 3.13. The molecule has 132 valence electrons. The summed E-state index contributed by atoms with van der Waals surface area (Å²) in [5, 5.41) is 6.55. The Morgan fingerprint density at radius 2 is 2.00 bits per heavy atom. The lowest BCUT2D eigenvalue weighted by Gasteiger charge is -2.13. The van der Waals surface area contributed by atoms with Gasteiger partial charge in [-0.05, 0) is 24.8 Å². The van der Waals surface area contributed by atoms with Crippen LogP contribution >= 0.6 is 47.1 Å². The zero-order valence-corrected chi connectivity index (χ0v) is 18.2. The molecule has 1 aromatic heterocycles. The highest BCUT2D eigenvalue weighted by Crippen LogP contribution is 2.16. The quantitative estimate of drug-likeness (QED) is 0.265. The number of thiophene rings is 1. The maximum Gasteiger partial charge on any atom is 0.243 e. The van der Waals surface area contributed by atoms with Crippen molar-refractivity contribution in [3.8, 4) is 0 Å². The van der Waals surface area contributed by atoms with E-state index in [0.717, 1.165) is 25.3 Å². The van der Waals surface area contributed by atoms with Crippen LogP contribution in [0.4, 0.5) is 0 Å². The van der Waals surface area contributed by atoms with E-state index in [4.69, 9.17) is 0 Å². The SMILES string of the molecule is CCc1ccc(CNC(=NCC(=O)N(C)C)NCCSC)s1.I. The monoisotopic (exact) mass is 470 g/mol. The summed E-state index contributed by atoms with van der Waals surface area (Å²) in [5.74, 6) is 1.69. The van der Waals surface area contributed by atoms with Crippen molar-refractivity contribution in [1.82, 2.24) is 15.5 Å². The molecule has 1 aromatic rings. The summed E-state index contributed by atoms with van der Waals surface area (Å²) in [5.41, 5.74) is 0. The molecule has 0 aliphatic rings. The Labute approximate surface area is 164 Å². The number of nitrogens with one attached hydrogen (secondary N) is 2. The first-order valence-corrected chi connectivity index (χ1v) is 9.56. The Hall–Kier alpha value is -0.480.